The number of rotatable bonds is 4. The van der Waals surface area contributed by atoms with Crippen molar-refractivity contribution in [1.82, 2.24) is 9.88 Å². The van der Waals surface area contributed by atoms with Crippen LogP contribution < -0.4 is 0 Å². The van der Waals surface area contributed by atoms with Crippen LogP contribution in [0.15, 0.2) is 21.9 Å². The van der Waals surface area contributed by atoms with Gasteiger partial charge in [-0.05, 0) is 57.2 Å². The van der Waals surface area contributed by atoms with Crippen molar-refractivity contribution in [1.29, 1.82) is 0 Å². The van der Waals surface area contributed by atoms with E-state index in [1.54, 1.807) is 11.3 Å². The number of ether oxygens (including phenoxy) is 1. The van der Waals surface area contributed by atoms with Gasteiger partial charge in [-0.3, -0.25) is 4.90 Å². The van der Waals surface area contributed by atoms with Gasteiger partial charge in [0.25, 0.3) is 0 Å². The van der Waals surface area contributed by atoms with Gasteiger partial charge in [-0.15, -0.1) is 11.3 Å². The van der Waals surface area contributed by atoms with Crippen LogP contribution in [0.5, 0.6) is 0 Å². The highest BCUT2D eigenvalue weighted by Crippen LogP contribution is 2.45. The molecule has 24 heavy (non-hydrogen) atoms. The Labute approximate surface area is 146 Å². The fourth-order valence-electron chi connectivity index (χ4n) is 4.10. The maximum Gasteiger partial charge on any atom is 0.122 e. The van der Waals surface area contributed by atoms with Crippen LogP contribution in [0, 0.1) is 12.8 Å². The largest absolute Gasteiger partial charge is 0.465 e. The zero-order valence-electron chi connectivity index (χ0n) is 14.1. The van der Waals surface area contributed by atoms with Crippen LogP contribution in [-0.2, 0) is 11.3 Å². The molecule has 4 nitrogen and oxygen atoms in total. The van der Waals surface area contributed by atoms with Gasteiger partial charge in [-0.25, -0.2) is 4.98 Å². The van der Waals surface area contributed by atoms with Crippen LogP contribution in [0.4, 0.5) is 0 Å². The zero-order valence-corrected chi connectivity index (χ0v) is 14.9. The molecule has 0 aromatic carbocycles. The smallest absolute Gasteiger partial charge is 0.122 e. The Morgan fingerprint density at radius 2 is 2.21 bits per heavy atom. The normalized spacial score (nSPS) is 30.6. The average molecular weight is 344 g/mol. The van der Waals surface area contributed by atoms with Gasteiger partial charge in [-0.2, -0.15) is 0 Å². The highest BCUT2D eigenvalue weighted by atomic mass is 32.1. The molecule has 5 heteroatoms. The molecule has 3 fully saturated rings. The summed E-state index contributed by atoms with van der Waals surface area (Å²) in [5.41, 5.74) is 1.31. The molecule has 0 radical (unpaired) electrons. The number of thiazole rings is 1. The molecule has 0 spiro atoms. The molecular formula is C19H24N2O2S. The number of aromatic nitrogens is 1. The molecule has 1 saturated carbocycles. The summed E-state index contributed by atoms with van der Waals surface area (Å²) in [4.78, 5) is 7.34. The van der Waals surface area contributed by atoms with E-state index in [1.807, 2.05) is 13.0 Å². The molecular weight excluding hydrogens is 320 g/mol. The molecule has 1 aliphatic carbocycles. The zero-order chi connectivity index (χ0) is 16.1. The van der Waals surface area contributed by atoms with Gasteiger partial charge < -0.3 is 9.15 Å². The third-order valence-corrected chi connectivity index (χ3v) is 6.58. The molecule has 0 unspecified atom stereocenters. The van der Waals surface area contributed by atoms with E-state index in [0.29, 0.717) is 12.0 Å². The first-order chi connectivity index (χ1) is 11.7. The molecule has 128 valence electrons. The molecule has 5 rings (SSSR count). The lowest BCUT2D eigenvalue weighted by atomic mass is 9.92. The van der Waals surface area contributed by atoms with Crippen LogP contribution in [-0.4, -0.2) is 29.1 Å². The summed E-state index contributed by atoms with van der Waals surface area (Å²) in [5, 5.41) is 3.46. The van der Waals surface area contributed by atoms with E-state index < -0.39 is 0 Å². The van der Waals surface area contributed by atoms with E-state index in [-0.39, 0.29) is 6.10 Å². The number of piperidine rings is 1. The predicted molar refractivity (Wildman–Crippen MR) is 93.1 cm³/mol. The molecule has 0 N–H and O–H groups in total. The fraction of sp³-hybridized carbons (Fsp3) is 0.632. The minimum atomic E-state index is 0.225. The number of fused-ring (bicyclic) bond motifs is 1. The topological polar surface area (TPSA) is 38.5 Å². The Bertz CT molecular complexity index is 721. The number of hydrogen-bond donors (Lipinski definition) is 0. The minimum Gasteiger partial charge on any atom is -0.465 e. The first kappa shape index (κ1) is 15.1. The summed E-state index contributed by atoms with van der Waals surface area (Å²) in [7, 11) is 0. The van der Waals surface area contributed by atoms with E-state index in [9.17, 15) is 0 Å². The summed E-state index contributed by atoms with van der Waals surface area (Å²) < 4.78 is 12.1. The van der Waals surface area contributed by atoms with Crippen LogP contribution in [0.3, 0.4) is 0 Å². The molecule has 2 aromatic heterocycles. The van der Waals surface area contributed by atoms with Crippen molar-refractivity contribution in [2.45, 2.75) is 57.3 Å². The third kappa shape index (κ3) is 2.93. The second-order valence-electron chi connectivity index (χ2n) is 7.58. The number of nitrogens with zero attached hydrogens (tertiary/aromatic N) is 2. The number of furan rings is 1. The third-order valence-electron chi connectivity index (χ3n) is 5.62. The van der Waals surface area contributed by atoms with Crippen LogP contribution in [0.25, 0.3) is 0 Å². The average Bonchev–Trinajstić information content (AvgIpc) is 2.98. The van der Waals surface area contributed by atoms with Crippen molar-refractivity contribution >= 4 is 11.3 Å². The van der Waals surface area contributed by atoms with Crippen molar-refractivity contribution < 1.29 is 9.15 Å². The van der Waals surface area contributed by atoms with E-state index in [4.69, 9.17) is 14.1 Å². The summed E-state index contributed by atoms with van der Waals surface area (Å²) in [6, 6.07) is 4.14. The van der Waals surface area contributed by atoms with Gasteiger partial charge in [0.1, 0.15) is 22.6 Å². The van der Waals surface area contributed by atoms with Crippen LogP contribution in [0.1, 0.15) is 59.9 Å². The van der Waals surface area contributed by atoms with Gasteiger partial charge in [0.15, 0.2) is 0 Å². The Balaban J connectivity index is 1.22. The lowest BCUT2D eigenvalue weighted by Gasteiger charge is -2.33. The Kier molecular flexibility index (Phi) is 3.76. The molecule has 0 bridgehead atoms. The van der Waals surface area contributed by atoms with Gasteiger partial charge in [-0.1, -0.05) is 0 Å². The highest BCUT2D eigenvalue weighted by Gasteiger charge is 2.41. The lowest BCUT2D eigenvalue weighted by molar-refractivity contribution is -0.0108. The minimum absolute atomic E-state index is 0.225. The van der Waals surface area contributed by atoms with Crippen molar-refractivity contribution in [2.75, 3.05) is 13.1 Å². The lowest BCUT2D eigenvalue weighted by Crippen LogP contribution is -2.41. The van der Waals surface area contributed by atoms with Gasteiger partial charge in [0, 0.05) is 17.8 Å². The number of aryl methyl sites for hydroxylation is 1. The molecule has 3 atom stereocenters. The van der Waals surface area contributed by atoms with Crippen LogP contribution >= 0.6 is 11.3 Å². The number of hydrogen-bond acceptors (Lipinski definition) is 5. The molecule has 0 amide bonds. The quantitative estimate of drug-likeness (QED) is 0.830. The summed E-state index contributed by atoms with van der Waals surface area (Å²) >= 11 is 1.80. The molecule has 2 aromatic rings. The van der Waals surface area contributed by atoms with Crippen molar-refractivity contribution in [3.05, 3.63) is 39.7 Å². The Morgan fingerprint density at radius 1 is 1.29 bits per heavy atom. The van der Waals surface area contributed by atoms with E-state index >= 15 is 0 Å². The monoisotopic (exact) mass is 344 g/mol. The maximum atomic E-state index is 6.41. The van der Waals surface area contributed by atoms with E-state index in [1.165, 1.54) is 30.0 Å². The summed E-state index contributed by atoms with van der Waals surface area (Å²) in [5.74, 6) is 3.49. The second-order valence-corrected chi connectivity index (χ2v) is 8.47. The Morgan fingerprint density at radius 3 is 3.00 bits per heavy atom. The van der Waals surface area contributed by atoms with E-state index in [2.05, 4.69) is 16.3 Å². The fourth-order valence-corrected chi connectivity index (χ4v) is 5.05. The first-order valence-corrected chi connectivity index (χ1v) is 10.0. The van der Waals surface area contributed by atoms with Crippen molar-refractivity contribution in [2.24, 2.45) is 5.92 Å². The second kappa shape index (κ2) is 5.97. The summed E-state index contributed by atoms with van der Waals surface area (Å²) in [6.07, 6.45) is 5.59. The van der Waals surface area contributed by atoms with Gasteiger partial charge in [0.05, 0.1) is 18.3 Å². The van der Waals surface area contributed by atoms with E-state index in [0.717, 1.165) is 43.5 Å². The van der Waals surface area contributed by atoms with Gasteiger partial charge >= 0.3 is 0 Å². The number of likely N-dealkylation sites (tertiary alicyclic amines) is 1. The molecule has 2 aliphatic heterocycles. The maximum absolute atomic E-state index is 6.41. The molecule has 2 saturated heterocycles. The van der Waals surface area contributed by atoms with Crippen molar-refractivity contribution in [3.63, 3.8) is 0 Å². The predicted octanol–water partition coefficient (Wildman–Crippen LogP) is 4.27. The molecule has 3 aliphatic rings. The highest BCUT2D eigenvalue weighted by molar-refractivity contribution is 7.09. The van der Waals surface area contributed by atoms with Crippen molar-refractivity contribution in [3.8, 4) is 0 Å². The first-order valence-electron chi connectivity index (χ1n) is 9.13. The van der Waals surface area contributed by atoms with Crippen LogP contribution in [0.2, 0.25) is 0 Å². The summed E-state index contributed by atoms with van der Waals surface area (Å²) in [6.45, 7) is 5.06. The standard InChI is InChI=1S/C19H24N2O2S/c1-12-2-5-15(22-12)9-21-7-6-14-8-17(23-18(14)10-21)19-20-16(11-24-19)13-3-4-13/h2,5,11,13-14,17-18H,3-4,6-10H2,1H3/t14-,17+,18+/m1/s1. The Hall–Kier alpha value is -1.17. The van der Waals surface area contributed by atoms with Gasteiger partial charge in [0.2, 0.25) is 0 Å². The molecule has 4 heterocycles. The SMILES string of the molecule is Cc1ccc(CN2CC[C@@H]3C[C@@H](c4nc(C5CC5)cs4)O[C@H]3C2)o1.